The van der Waals surface area contributed by atoms with Gasteiger partial charge in [0, 0.05) is 0 Å². The van der Waals surface area contributed by atoms with Gasteiger partial charge in [-0.1, -0.05) is 54.6 Å². The molecule has 0 aliphatic heterocycles. The van der Waals surface area contributed by atoms with Crippen LogP contribution in [0, 0.1) is 0 Å². The number of esters is 1. The van der Waals surface area contributed by atoms with Gasteiger partial charge in [0.05, 0.1) is 12.7 Å². The number of carbonyl (C=O) groups excluding carboxylic acids is 1. The van der Waals surface area contributed by atoms with Crippen molar-refractivity contribution >= 4 is 12.0 Å². The van der Waals surface area contributed by atoms with Crippen molar-refractivity contribution in [3.63, 3.8) is 0 Å². The molecular weight excluding hydrogens is 248 g/mol. The fourth-order valence-corrected chi connectivity index (χ4v) is 1.96. The lowest BCUT2D eigenvalue weighted by Gasteiger charge is -1.99. The second-order valence-electron chi connectivity index (χ2n) is 4.54. The molecule has 0 N–H and O–H groups in total. The number of hydrogen-bond acceptors (Lipinski definition) is 2. The molecule has 0 unspecified atom stereocenters. The molecule has 0 amide bonds. The Morgan fingerprint density at radius 3 is 2.40 bits per heavy atom. The summed E-state index contributed by atoms with van der Waals surface area (Å²) < 4.78 is 4.67. The van der Waals surface area contributed by atoms with Crippen molar-refractivity contribution in [1.82, 2.24) is 0 Å². The minimum Gasteiger partial charge on any atom is -0.465 e. The minimum atomic E-state index is -0.301. The van der Waals surface area contributed by atoms with Crippen molar-refractivity contribution in [1.29, 1.82) is 0 Å². The van der Waals surface area contributed by atoms with Crippen molar-refractivity contribution in [3.05, 3.63) is 77.4 Å². The van der Waals surface area contributed by atoms with E-state index < -0.39 is 0 Å². The zero-order valence-electron chi connectivity index (χ0n) is 11.6. The molecule has 0 radical (unpaired) electrons. The van der Waals surface area contributed by atoms with E-state index in [-0.39, 0.29) is 5.97 Å². The Hall–Kier alpha value is -2.35. The van der Waals surface area contributed by atoms with E-state index in [0.717, 1.165) is 18.4 Å². The van der Waals surface area contributed by atoms with E-state index in [1.54, 1.807) is 12.1 Å². The molecule has 0 saturated carbocycles. The van der Waals surface area contributed by atoms with Crippen LogP contribution >= 0.6 is 0 Å². The van der Waals surface area contributed by atoms with E-state index in [9.17, 15) is 4.79 Å². The quantitative estimate of drug-likeness (QED) is 0.761. The van der Waals surface area contributed by atoms with E-state index in [4.69, 9.17) is 0 Å². The van der Waals surface area contributed by atoms with Gasteiger partial charge in [0.15, 0.2) is 0 Å². The molecule has 0 spiro atoms. The largest absolute Gasteiger partial charge is 0.465 e. The number of methoxy groups -OCH3 is 1. The lowest BCUT2D eigenvalue weighted by Crippen LogP contribution is -2.00. The van der Waals surface area contributed by atoms with Crippen LogP contribution in [0.15, 0.2) is 60.7 Å². The van der Waals surface area contributed by atoms with Crippen LogP contribution in [-0.4, -0.2) is 13.1 Å². The van der Waals surface area contributed by atoms with Gasteiger partial charge in [-0.3, -0.25) is 0 Å². The molecule has 2 heteroatoms. The third kappa shape index (κ3) is 4.09. The topological polar surface area (TPSA) is 26.3 Å². The molecule has 0 aromatic heterocycles. The lowest BCUT2D eigenvalue weighted by atomic mass is 10.1. The third-order valence-corrected chi connectivity index (χ3v) is 3.08. The summed E-state index contributed by atoms with van der Waals surface area (Å²) in [6, 6.07) is 17.8. The van der Waals surface area contributed by atoms with E-state index in [0.29, 0.717) is 5.56 Å². The van der Waals surface area contributed by atoms with Crippen LogP contribution in [0.1, 0.15) is 27.9 Å². The maximum Gasteiger partial charge on any atom is 0.337 e. The summed E-state index contributed by atoms with van der Waals surface area (Å²) in [6.07, 6.45) is 6.27. The molecule has 102 valence electrons. The van der Waals surface area contributed by atoms with Gasteiger partial charge in [-0.15, -0.1) is 0 Å². The summed E-state index contributed by atoms with van der Waals surface area (Å²) in [5, 5.41) is 0. The average Bonchev–Trinajstić information content (AvgIpc) is 2.52. The third-order valence-electron chi connectivity index (χ3n) is 3.08. The molecule has 2 aromatic carbocycles. The highest BCUT2D eigenvalue weighted by atomic mass is 16.5. The number of hydrogen-bond donors (Lipinski definition) is 0. The van der Waals surface area contributed by atoms with Gasteiger partial charge in [-0.2, -0.15) is 0 Å². The smallest absolute Gasteiger partial charge is 0.337 e. The predicted octanol–water partition coefficient (Wildman–Crippen LogP) is 4.12. The molecule has 2 aromatic rings. The molecule has 0 atom stereocenters. The van der Waals surface area contributed by atoms with Crippen LogP contribution in [0.25, 0.3) is 6.08 Å². The molecule has 0 fully saturated rings. The van der Waals surface area contributed by atoms with Crippen molar-refractivity contribution in [2.24, 2.45) is 0 Å². The number of allylic oxidation sites excluding steroid dienone is 1. The summed E-state index contributed by atoms with van der Waals surface area (Å²) in [7, 11) is 1.39. The Morgan fingerprint density at radius 1 is 1.05 bits per heavy atom. The second-order valence-corrected chi connectivity index (χ2v) is 4.54. The van der Waals surface area contributed by atoms with Crippen molar-refractivity contribution < 1.29 is 9.53 Å². The first-order valence-corrected chi connectivity index (χ1v) is 6.68. The van der Waals surface area contributed by atoms with Gasteiger partial charge in [0.25, 0.3) is 0 Å². The fourth-order valence-electron chi connectivity index (χ4n) is 1.96. The summed E-state index contributed by atoms with van der Waals surface area (Å²) in [6.45, 7) is 0. The van der Waals surface area contributed by atoms with Crippen LogP contribution in [0.2, 0.25) is 0 Å². The highest BCUT2D eigenvalue weighted by molar-refractivity contribution is 5.89. The molecule has 0 bridgehead atoms. The zero-order valence-corrected chi connectivity index (χ0v) is 11.6. The number of rotatable bonds is 5. The molecular formula is C18H18O2. The SMILES string of the molecule is COC(=O)c1ccc(C=CCCc2ccccc2)cc1. The average molecular weight is 266 g/mol. The normalized spacial score (nSPS) is 10.7. The first kappa shape index (κ1) is 14.1. The summed E-state index contributed by atoms with van der Waals surface area (Å²) in [4.78, 5) is 11.3. The second kappa shape index (κ2) is 7.29. The van der Waals surface area contributed by atoms with Gasteiger partial charge in [0.2, 0.25) is 0 Å². The lowest BCUT2D eigenvalue weighted by molar-refractivity contribution is 0.0601. The van der Waals surface area contributed by atoms with Gasteiger partial charge >= 0.3 is 5.97 Å². The number of aryl methyl sites for hydroxylation is 1. The summed E-state index contributed by atoms with van der Waals surface area (Å²) in [5.74, 6) is -0.301. The molecule has 2 rings (SSSR count). The van der Waals surface area contributed by atoms with E-state index in [1.807, 2.05) is 18.2 Å². The molecule has 0 saturated heterocycles. The minimum absolute atomic E-state index is 0.301. The van der Waals surface area contributed by atoms with E-state index in [2.05, 4.69) is 41.2 Å². The van der Waals surface area contributed by atoms with E-state index >= 15 is 0 Å². The van der Waals surface area contributed by atoms with Gasteiger partial charge in [-0.05, 0) is 36.1 Å². The van der Waals surface area contributed by atoms with Crippen molar-refractivity contribution in [2.75, 3.05) is 7.11 Å². The maximum absolute atomic E-state index is 11.3. The van der Waals surface area contributed by atoms with Crippen LogP contribution < -0.4 is 0 Å². The molecule has 0 aliphatic carbocycles. The Bertz CT molecular complexity index is 568. The summed E-state index contributed by atoms with van der Waals surface area (Å²) in [5.41, 5.74) is 3.01. The zero-order chi connectivity index (χ0) is 14.2. The highest BCUT2D eigenvalue weighted by Crippen LogP contribution is 2.09. The number of carbonyl (C=O) groups is 1. The van der Waals surface area contributed by atoms with E-state index in [1.165, 1.54) is 12.7 Å². The maximum atomic E-state index is 11.3. The molecule has 20 heavy (non-hydrogen) atoms. The van der Waals surface area contributed by atoms with Crippen LogP contribution in [-0.2, 0) is 11.2 Å². The van der Waals surface area contributed by atoms with Crippen LogP contribution in [0.5, 0.6) is 0 Å². The Labute approximate surface area is 119 Å². The fraction of sp³-hybridized carbons (Fsp3) is 0.167. The van der Waals surface area contributed by atoms with Gasteiger partial charge < -0.3 is 4.74 Å². The number of ether oxygens (including phenoxy) is 1. The standard InChI is InChI=1S/C18H18O2/c1-20-18(19)17-13-11-16(12-14-17)10-6-5-9-15-7-3-2-4-8-15/h2-4,6-8,10-14H,5,9H2,1H3. The monoisotopic (exact) mass is 266 g/mol. The summed E-state index contributed by atoms with van der Waals surface area (Å²) >= 11 is 0. The molecule has 0 aliphatic rings. The van der Waals surface area contributed by atoms with Crippen LogP contribution in [0.3, 0.4) is 0 Å². The molecule has 2 nitrogen and oxygen atoms in total. The molecule has 0 heterocycles. The Balaban J connectivity index is 1.87. The Kier molecular flexibility index (Phi) is 5.13. The predicted molar refractivity (Wildman–Crippen MR) is 81.6 cm³/mol. The van der Waals surface area contributed by atoms with Crippen molar-refractivity contribution in [3.8, 4) is 0 Å². The number of benzene rings is 2. The first-order valence-electron chi connectivity index (χ1n) is 6.68. The Morgan fingerprint density at radius 2 is 1.75 bits per heavy atom. The van der Waals surface area contributed by atoms with Gasteiger partial charge in [-0.25, -0.2) is 4.79 Å². The van der Waals surface area contributed by atoms with Crippen LogP contribution in [0.4, 0.5) is 0 Å². The first-order chi connectivity index (χ1) is 9.79. The van der Waals surface area contributed by atoms with Crippen molar-refractivity contribution in [2.45, 2.75) is 12.8 Å². The van der Waals surface area contributed by atoms with Gasteiger partial charge in [0.1, 0.15) is 0 Å². The highest BCUT2D eigenvalue weighted by Gasteiger charge is 2.02.